The van der Waals surface area contributed by atoms with E-state index in [9.17, 15) is 9.59 Å². The minimum atomic E-state index is -0.495. The second-order valence-corrected chi connectivity index (χ2v) is 7.55. The van der Waals surface area contributed by atoms with Crippen LogP contribution in [-0.2, 0) is 16.1 Å². The summed E-state index contributed by atoms with van der Waals surface area (Å²) in [6.45, 7) is 1.77. The zero-order valence-corrected chi connectivity index (χ0v) is 19.1. The molecule has 4 aromatic rings. The summed E-state index contributed by atoms with van der Waals surface area (Å²) in [5.74, 6) is 0.982. The number of carbonyl (C=O) groups is 1. The van der Waals surface area contributed by atoms with Gasteiger partial charge >= 0.3 is 11.6 Å². The number of hydrogen-bond acceptors (Lipinski definition) is 7. The van der Waals surface area contributed by atoms with Crippen LogP contribution in [0.1, 0.15) is 11.1 Å². The first-order valence-corrected chi connectivity index (χ1v) is 10.6. The van der Waals surface area contributed by atoms with Crippen molar-refractivity contribution in [2.24, 2.45) is 0 Å². The highest BCUT2D eigenvalue weighted by Gasteiger charge is 2.16. The van der Waals surface area contributed by atoms with Crippen LogP contribution in [0.25, 0.3) is 22.1 Å². The molecule has 174 valence electrons. The van der Waals surface area contributed by atoms with Crippen molar-refractivity contribution in [3.63, 3.8) is 0 Å². The molecule has 7 nitrogen and oxygen atoms in total. The maximum atomic E-state index is 12.9. The molecule has 0 amide bonds. The normalized spacial score (nSPS) is 10.7. The summed E-state index contributed by atoms with van der Waals surface area (Å²) in [6, 6.07) is 19.8. The molecule has 7 heteroatoms. The largest absolute Gasteiger partial charge is 0.493 e. The molecule has 0 saturated heterocycles. The summed E-state index contributed by atoms with van der Waals surface area (Å²) >= 11 is 0. The monoisotopic (exact) mass is 460 g/mol. The SMILES string of the molecule is COc1ccc(-c2c(C)c3ccc(OCC(=O)OCc4ccccc4)cc3oc2=O)cc1OC. The predicted octanol–water partition coefficient (Wildman–Crippen LogP) is 4.91. The van der Waals surface area contributed by atoms with Crippen molar-refractivity contribution < 1.29 is 28.2 Å². The zero-order valence-electron chi connectivity index (χ0n) is 19.1. The number of esters is 1. The van der Waals surface area contributed by atoms with Crippen LogP contribution in [0.5, 0.6) is 17.2 Å². The lowest BCUT2D eigenvalue weighted by Gasteiger charge is -2.12. The quantitative estimate of drug-likeness (QED) is 0.273. The van der Waals surface area contributed by atoms with E-state index in [-0.39, 0.29) is 13.2 Å². The van der Waals surface area contributed by atoms with Gasteiger partial charge in [-0.25, -0.2) is 9.59 Å². The maximum absolute atomic E-state index is 12.9. The average molecular weight is 460 g/mol. The van der Waals surface area contributed by atoms with Gasteiger partial charge in [0.15, 0.2) is 18.1 Å². The van der Waals surface area contributed by atoms with Gasteiger partial charge < -0.3 is 23.4 Å². The molecule has 0 N–H and O–H groups in total. The highest BCUT2D eigenvalue weighted by Crippen LogP contribution is 2.34. The summed E-state index contributed by atoms with van der Waals surface area (Å²) < 4.78 is 27.0. The summed E-state index contributed by atoms with van der Waals surface area (Å²) in [6.07, 6.45) is 0. The van der Waals surface area contributed by atoms with Gasteiger partial charge in [-0.1, -0.05) is 36.4 Å². The minimum absolute atomic E-state index is 0.174. The van der Waals surface area contributed by atoms with Crippen LogP contribution >= 0.6 is 0 Å². The standard InChI is InChI=1S/C27H24O7/c1-17-21-11-10-20(32-16-25(28)33-15-18-7-5-4-6-8-18)14-23(21)34-27(29)26(17)19-9-12-22(30-2)24(13-19)31-3/h4-14H,15-16H2,1-3H3. The fourth-order valence-electron chi connectivity index (χ4n) is 3.67. The van der Waals surface area contributed by atoms with Crippen molar-refractivity contribution in [1.82, 2.24) is 0 Å². The lowest BCUT2D eigenvalue weighted by Crippen LogP contribution is -2.14. The smallest absolute Gasteiger partial charge is 0.344 e. The minimum Gasteiger partial charge on any atom is -0.493 e. The maximum Gasteiger partial charge on any atom is 0.344 e. The first-order valence-electron chi connectivity index (χ1n) is 10.6. The molecule has 0 aliphatic heterocycles. The van der Waals surface area contributed by atoms with Gasteiger partial charge in [0.2, 0.25) is 0 Å². The topological polar surface area (TPSA) is 84.2 Å². The number of benzene rings is 3. The number of methoxy groups -OCH3 is 2. The Morgan fingerprint density at radius 1 is 0.912 bits per heavy atom. The molecule has 0 unspecified atom stereocenters. The van der Waals surface area contributed by atoms with Crippen molar-refractivity contribution in [2.75, 3.05) is 20.8 Å². The fourth-order valence-corrected chi connectivity index (χ4v) is 3.67. The third-order valence-electron chi connectivity index (χ3n) is 5.41. The van der Waals surface area contributed by atoms with Gasteiger partial charge in [-0.05, 0) is 47.9 Å². The van der Waals surface area contributed by atoms with Gasteiger partial charge in [0.05, 0.1) is 19.8 Å². The molecule has 0 aliphatic carbocycles. The lowest BCUT2D eigenvalue weighted by molar-refractivity contribution is -0.147. The van der Waals surface area contributed by atoms with Gasteiger partial charge in [0, 0.05) is 11.5 Å². The summed E-state index contributed by atoms with van der Waals surface area (Å²) in [5.41, 5.74) is 2.62. The van der Waals surface area contributed by atoms with Gasteiger partial charge in [-0.3, -0.25) is 0 Å². The van der Waals surface area contributed by atoms with E-state index < -0.39 is 11.6 Å². The molecule has 34 heavy (non-hydrogen) atoms. The Balaban J connectivity index is 1.53. The molecule has 0 spiro atoms. The van der Waals surface area contributed by atoms with E-state index in [0.29, 0.717) is 34.0 Å². The van der Waals surface area contributed by atoms with Gasteiger partial charge in [0.1, 0.15) is 17.9 Å². The molecule has 4 rings (SSSR count). The Kier molecular flexibility index (Phi) is 6.82. The Morgan fingerprint density at radius 2 is 1.68 bits per heavy atom. The van der Waals surface area contributed by atoms with Crippen LogP contribution in [0.3, 0.4) is 0 Å². The lowest BCUT2D eigenvalue weighted by atomic mass is 9.99. The molecular formula is C27H24O7. The van der Waals surface area contributed by atoms with Crippen molar-refractivity contribution in [3.8, 4) is 28.4 Å². The number of rotatable bonds is 8. The van der Waals surface area contributed by atoms with E-state index in [2.05, 4.69) is 0 Å². The third-order valence-corrected chi connectivity index (χ3v) is 5.41. The summed E-state index contributed by atoms with van der Waals surface area (Å²) in [4.78, 5) is 24.9. The van der Waals surface area contributed by atoms with E-state index >= 15 is 0 Å². The number of hydrogen-bond donors (Lipinski definition) is 0. The average Bonchev–Trinajstić information content (AvgIpc) is 2.86. The van der Waals surface area contributed by atoms with Crippen LogP contribution in [0, 0.1) is 6.92 Å². The van der Waals surface area contributed by atoms with Crippen molar-refractivity contribution in [3.05, 3.63) is 88.3 Å². The van der Waals surface area contributed by atoms with Crippen LogP contribution < -0.4 is 19.8 Å². The van der Waals surface area contributed by atoms with Crippen LogP contribution in [0.4, 0.5) is 0 Å². The number of ether oxygens (including phenoxy) is 4. The number of fused-ring (bicyclic) bond motifs is 1. The molecule has 0 saturated carbocycles. The predicted molar refractivity (Wildman–Crippen MR) is 127 cm³/mol. The molecule has 0 aliphatic rings. The summed E-state index contributed by atoms with van der Waals surface area (Å²) in [5, 5.41) is 0.753. The molecule has 0 bridgehead atoms. The Morgan fingerprint density at radius 3 is 2.41 bits per heavy atom. The first kappa shape index (κ1) is 22.9. The first-order chi connectivity index (χ1) is 16.5. The van der Waals surface area contributed by atoms with E-state index in [0.717, 1.165) is 16.5 Å². The Bertz CT molecular complexity index is 1370. The van der Waals surface area contributed by atoms with E-state index in [1.165, 1.54) is 7.11 Å². The molecule has 0 fully saturated rings. The van der Waals surface area contributed by atoms with Crippen molar-refractivity contribution in [1.29, 1.82) is 0 Å². The van der Waals surface area contributed by atoms with E-state index in [1.807, 2.05) is 37.3 Å². The molecule has 3 aromatic carbocycles. The van der Waals surface area contributed by atoms with Crippen molar-refractivity contribution in [2.45, 2.75) is 13.5 Å². The molecule has 1 heterocycles. The van der Waals surface area contributed by atoms with Gasteiger partial charge in [0.25, 0.3) is 0 Å². The Hall–Kier alpha value is -4.26. The summed E-state index contributed by atoms with van der Waals surface area (Å²) in [7, 11) is 3.09. The second-order valence-electron chi connectivity index (χ2n) is 7.55. The van der Waals surface area contributed by atoms with Crippen LogP contribution in [0.2, 0.25) is 0 Å². The van der Waals surface area contributed by atoms with E-state index in [1.54, 1.807) is 43.5 Å². The molecule has 0 atom stereocenters. The van der Waals surface area contributed by atoms with Gasteiger partial charge in [-0.2, -0.15) is 0 Å². The van der Waals surface area contributed by atoms with Gasteiger partial charge in [-0.15, -0.1) is 0 Å². The van der Waals surface area contributed by atoms with E-state index in [4.69, 9.17) is 23.4 Å². The molecule has 0 radical (unpaired) electrons. The molecular weight excluding hydrogens is 436 g/mol. The number of carbonyl (C=O) groups excluding carboxylic acids is 1. The third kappa shape index (κ3) is 4.88. The highest BCUT2D eigenvalue weighted by atomic mass is 16.6. The zero-order chi connectivity index (χ0) is 24.1. The highest BCUT2D eigenvalue weighted by molar-refractivity contribution is 5.87. The Labute approximate surface area is 196 Å². The molecule has 1 aromatic heterocycles. The number of aryl methyl sites for hydroxylation is 1. The second kappa shape index (κ2) is 10.1. The van der Waals surface area contributed by atoms with Crippen molar-refractivity contribution >= 4 is 16.9 Å². The fraction of sp³-hybridized carbons (Fsp3) is 0.185. The van der Waals surface area contributed by atoms with Crippen LogP contribution in [0.15, 0.2) is 75.9 Å². The van der Waals surface area contributed by atoms with Crippen LogP contribution in [-0.4, -0.2) is 26.8 Å².